The maximum Gasteiger partial charge on any atom is 0.251 e. The molecule has 39 heavy (non-hydrogen) atoms. The third-order valence-electron chi connectivity index (χ3n) is 7.10. The molecule has 2 aromatic carbocycles. The smallest absolute Gasteiger partial charge is 0.251 e. The largest absolute Gasteiger partial charge is 0.355 e. The van der Waals surface area contributed by atoms with Crippen molar-refractivity contribution in [2.24, 2.45) is 5.41 Å². The highest BCUT2D eigenvalue weighted by atomic mass is 35.5. The van der Waals surface area contributed by atoms with E-state index in [2.05, 4.69) is 15.6 Å². The zero-order chi connectivity index (χ0) is 28.2. The van der Waals surface area contributed by atoms with Crippen molar-refractivity contribution in [3.05, 3.63) is 70.5 Å². The van der Waals surface area contributed by atoms with E-state index in [9.17, 15) is 26.4 Å². The van der Waals surface area contributed by atoms with Gasteiger partial charge in [-0.05, 0) is 35.4 Å². The van der Waals surface area contributed by atoms with Gasteiger partial charge in [0.25, 0.3) is 5.91 Å². The van der Waals surface area contributed by atoms with E-state index >= 15 is 0 Å². The van der Waals surface area contributed by atoms with Crippen LogP contribution in [0.5, 0.6) is 0 Å². The van der Waals surface area contributed by atoms with E-state index in [1.54, 1.807) is 49.5 Å². The predicted octanol–water partition coefficient (Wildman–Crippen LogP) is 2.55. The molecule has 0 spiro atoms. The number of halogens is 1. The lowest BCUT2D eigenvalue weighted by molar-refractivity contribution is -0.118. The number of sulfonamides is 1. The zero-order valence-electron chi connectivity index (χ0n) is 21.3. The molecule has 1 fully saturated rings. The van der Waals surface area contributed by atoms with Crippen LogP contribution in [0.15, 0.2) is 48.8 Å². The first-order valence-corrected chi connectivity index (χ1v) is 16.0. The highest BCUT2D eigenvalue weighted by molar-refractivity contribution is 7.93. The van der Waals surface area contributed by atoms with Gasteiger partial charge in [0.05, 0.1) is 35.1 Å². The van der Waals surface area contributed by atoms with Crippen molar-refractivity contribution in [1.82, 2.24) is 14.6 Å². The molecule has 5 rings (SSSR count). The molecule has 2 N–H and O–H groups in total. The minimum atomic E-state index is -3.90. The lowest BCUT2D eigenvalue weighted by Gasteiger charge is -2.40. The van der Waals surface area contributed by atoms with Gasteiger partial charge in [0.1, 0.15) is 0 Å². The molecule has 0 bridgehead atoms. The molecule has 2 aliphatic rings. The Bertz CT molecular complexity index is 1710. The number of anilines is 1. The van der Waals surface area contributed by atoms with E-state index in [0.717, 1.165) is 0 Å². The fourth-order valence-electron chi connectivity index (χ4n) is 5.43. The van der Waals surface area contributed by atoms with Crippen LogP contribution in [-0.2, 0) is 31.2 Å². The molecule has 206 valence electrons. The first-order chi connectivity index (χ1) is 18.3. The van der Waals surface area contributed by atoms with Gasteiger partial charge in [0.2, 0.25) is 15.9 Å². The van der Waals surface area contributed by atoms with Gasteiger partial charge < -0.3 is 10.6 Å². The summed E-state index contributed by atoms with van der Waals surface area (Å²) >= 11 is 6.24. The van der Waals surface area contributed by atoms with Crippen molar-refractivity contribution >= 4 is 59.7 Å². The molecule has 2 amide bonds. The normalized spacial score (nSPS) is 20.0. The molecular formula is C26H27ClN4O6S2. The van der Waals surface area contributed by atoms with Gasteiger partial charge in [0, 0.05) is 53.1 Å². The van der Waals surface area contributed by atoms with Gasteiger partial charge in [-0.1, -0.05) is 30.7 Å². The Morgan fingerprint density at radius 2 is 1.90 bits per heavy atom. The van der Waals surface area contributed by atoms with Crippen LogP contribution in [0.3, 0.4) is 0 Å². The van der Waals surface area contributed by atoms with Crippen LogP contribution < -0.4 is 10.6 Å². The Labute approximate surface area is 231 Å². The number of carbonyl (C=O) groups excluding carboxylic acids is 2. The molecule has 0 radical (unpaired) electrons. The van der Waals surface area contributed by atoms with E-state index in [0.29, 0.717) is 38.2 Å². The van der Waals surface area contributed by atoms with Crippen LogP contribution >= 0.6 is 11.6 Å². The van der Waals surface area contributed by atoms with Gasteiger partial charge in [-0.3, -0.25) is 14.6 Å². The van der Waals surface area contributed by atoms with Crippen molar-refractivity contribution in [2.45, 2.75) is 19.4 Å². The van der Waals surface area contributed by atoms with Crippen LogP contribution in [0.4, 0.5) is 5.69 Å². The highest BCUT2D eigenvalue weighted by Gasteiger charge is 2.49. The van der Waals surface area contributed by atoms with Gasteiger partial charge in [-0.25, -0.2) is 16.8 Å². The second-order valence-electron chi connectivity index (χ2n) is 10.5. The summed E-state index contributed by atoms with van der Waals surface area (Å²) in [6, 6.07) is 10.0. The monoisotopic (exact) mass is 590 g/mol. The van der Waals surface area contributed by atoms with Crippen molar-refractivity contribution in [3.63, 3.8) is 0 Å². The van der Waals surface area contributed by atoms with Gasteiger partial charge in [-0.15, -0.1) is 0 Å². The molecule has 1 unspecified atom stereocenters. The van der Waals surface area contributed by atoms with E-state index in [4.69, 9.17) is 11.6 Å². The second-order valence-corrected chi connectivity index (χ2v) is 14.9. The number of carbonyl (C=O) groups is 2. The number of pyridine rings is 1. The summed E-state index contributed by atoms with van der Waals surface area (Å²) < 4.78 is 51.6. The Morgan fingerprint density at radius 3 is 2.59 bits per heavy atom. The summed E-state index contributed by atoms with van der Waals surface area (Å²) in [5.41, 5.74) is 1.17. The number of rotatable bonds is 6. The number of amides is 2. The van der Waals surface area contributed by atoms with Gasteiger partial charge in [0.15, 0.2) is 9.84 Å². The molecule has 2 aliphatic heterocycles. The van der Waals surface area contributed by atoms with Crippen molar-refractivity contribution in [1.29, 1.82) is 0 Å². The fourth-order valence-corrected chi connectivity index (χ4v) is 10.1. The molecule has 0 saturated carbocycles. The number of nitrogens with one attached hydrogen (secondary N) is 2. The van der Waals surface area contributed by atoms with Crippen LogP contribution in [-0.4, -0.2) is 68.8 Å². The standard InChI is InChI=1S/C26H27ClN4O6S2/c1-26(13-38(34,35)14-26)15-39(36,37)31-11-18-5-6-19(27)8-20(18)22(12-31)25(33)30-23-10-29-9-17-4-3-16(7-21(17)23)24(32)28-2/h3-10,22H,11-15H2,1-2H3,(H,28,32)(H,30,33). The molecule has 13 heteroatoms. The van der Waals surface area contributed by atoms with E-state index < -0.39 is 37.1 Å². The molecule has 1 atom stereocenters. The fraction of sp³-hybridized carbons (Fsp3) is 0.346. The number of benzene rings is 2. The summed E-state index contributed by atoms with van der Waals surface area (Å²) in [6.07, 6.45) is 3.09. The summed E-state index contributed by atoms with van der Waals surface area (Å²) in [7, 11) is -5.60. The Morgan fingerprint density at radius 1 is 1.15 bits per heavy atom. The summed E-state index contributed by atoms with van der Waals surface area (Å²) in [6.45, 7) is 1.56. The number of sulfone groups is 1. The molecule has 0 aliphatic carbocycles. The van der Waals surface area contributed by atoms with Crippen LogP contribution in [0.25, 0.3) is 10.8 Å². The van der Waals surface area contributed by atoms with Crippen LogP contribution in [0.2, 0.25) is 5.02 Å². The number of fused-ring (bicyclic) bond motifs is 2. The molecule has 1 aromatic heterocycles. The van der Waals surface area contributed by atoms with Crippen molar-refractivity contribution < 1.29 is 26.4 Å². The number of aromatic nitrogens is 1. The third-order valence-corrected chi connectivity index (χ3v) is 11.7. The molecule has 3 heterocycles. The lowest BCUT2D eigenvalue weighted by atomic mass is 9.90. The Hall–Kier alpha value is -3.06. The minimum Gasteiger partial charge on any atom is -0.355 e. The zero-order valence-corrected chi connectivity index (χ0v) is 23.7. The lowest BCUT2D eigenvalue weighted by Crippen LogP contribution is -2.53. The average molecular weight is 591 g/mol. The van der Waals surface area contributed by atoms with Crippen molar-refractivity contribution in [2.75, 3.05) is 36.2 Å². The Kier molecular flexibility index (Phi) is 6.94. The molecule has 3 aromatic rings. The van der Waals surface area contributed by atoms with E-state index in [-0.39, 0.29) is 36.3 Å². The minimum absolute atomic E-state index is 0.0484. The number of hydrogen-bond acceptors (Lipinski definition) is 7. The first-order valence-electron chi connectivity index (χ1n) is 12.2. The average Bonchev–Trinajstić information content (AvgIpc) is 2.85. The van der Waals surface area contributed by atoms with Gasteiger partial charge in [-0.2, -0.15) is 4.31 Å². The topological polar surface area (TPSA) is 143 Å². The maximum atomic E-state index is 13.7. The van der Waals surface area contributed by atoms with Gasteiger partial charge >= 0.3 is 0 Å². The number of hydrogen-bond donors (Lipinski definition) is 2. The highest BCUT2D eigenvalue weighted by Crippen LogP contribution is 2.38. The first kappa shape index (κ1) is 27.5. The quantitative estimate of drug-likeness (QED) is 0.449. The van der Waals surface area contributed by atoms with Crippen molar-refractivity contribution in [3.8, 4) is 0 Å². The summed E-state index contributed by atoms with van der Waals surface area (Å²) in [4.78, 5) is 30.1. The summed E-state index contributed by atoms with van der Waals surface area (Å²) in [5.74, 6) is -2.33. The second kappa shape index (κ2) is 9.84. The van der Waals surface area contributed by atoms with Crippen LogP contribution in [0, 0.1) is 5.41 Å². The van der Waals surface area contributed by atoms with E-state index in [1.165, 1.54) is 17.5 Å². The maximum absolute atomic E-state index is 13.7. The Balaban J connectivity index is 1.46. The summed E-state index contributed by atoms with van der Waals surface area (Å²) in [5, 5.41) is 7.17. The third kappa shape index (κ3) is 5.51. The predicted molar refractivity (Wildman–Crippen MR) is 149 cm³/mol. The van der Waals surface area contributed by atoms with Crippen LogP contribution in [0.1, 0.15) is 34.3 Å². The van der Waals surface area contributed by atoms with E-state index in [1.807, 2.05) is 0 Å². The SMILES string of the molecule is CNC(=O)c1ccc2cncc(NC(=O)C3CN(S(=O)(=O)CC4(C)CS(=O)(=O)C4)Cc4ccc(Cl)cc43)c2c1. The number of nitrogens with zero attached hydrogens (tertiary/aromatic N) is 2. The molecule has 1 saturated heterocycles. The molecular weight excluding hydrogens is 564 g/mol. The molecule has 10 nitrogen and oxygen atoms in total.